The number of rotatable bonds is 4. The van der Waals surface area contributed by atoms with Gasteiger partial charge in [-0.2, -0.15) is 0 Å². The van der Waals surface area contributed by atoms with Crippen molar-refractivity contribution < 1.29 is 9.31 Å². The topological polar surface area (TPSA) is 59.3 Å². The zero-order valence-corrected chi connectivity index (χ0v) is 11.7. The fourth-order valence-electron chi connectivity index (χ4n) is 1.80. The second-order valence-electron chi connectivity index (χ2n) is 4.64. The van der Waals surface area contributed by atoms with Crippen LogP contribution in [0.25, 0.3) is 17.3 Å². The zero-order chi connectivity index (χ0) is 15.4. The van der Waals surface area contributed by atoms with Crippen LogP contribution in [0.1, 0.15) is 5.56 Å². The van der Waals surface area contributed by atoms with Gasteiger partial charge in [0, 0.05) is 19.7 Å². The third-order valence-electron chi connectivity index (χ3n) is 2.81. The van der Waals surface area contributed by atoms with Crippen molar-refractivity contribution in [3.63, 3.8) is 0 Å². The summed E-state index contributed by atoms with van der Waals surface area (Å²) in [7, 11) is 3.61. The number of hydrogen-bond acceptors (Lipinski definition) is 4. The summed E-state index contributed by atoms with van der Waals surface area (Å²) in [5, 5.41) is 11.0. The zero-order valence-electron chi connectivity index (χ0n) is 11.7. The summed E-state index contributed by atoms with van der Waals surface area (Å²) in [5.41, 5.74) is 0.930. The highest BCUT2D eigenvalue weighted by Gasteiger charge is 2.15. The highest BCUT2D eigenvalue weighted by Crippen LogP contribution is 2.26. The minimum Gasteiger partial charge on any atom is -0.383 e. The molecule has 0 amide bonds. The average molecular weight is 287 g/mol. The molecule has 0 atom stereocenters. The van der Waals surface area contributed by atoms with Gasteiger partial charge in [-0.3, -0.25) is 10.1 Å². The summed E-state index contributed by atoms with van der Waals surface area (Å²) in [4.78, 5) is 16.3. The van der Waals surface area contributed by atoms with Gasteiger partial charge in [0.15, 0.2) is 0 Å². The molecule has 0 radical (unpaired) electrons. The number of pyridine rings is 1. The summed E-state index contributed by atoms with van der Waals surface area (Å²) in [6.07, 6.45) is 4.44. The molecule has 0 bridgehead atoms. The average Bonchev–Trinajstić information content (AvgIpc) is 2.45. The number of nitro groups is 1. The van der Waals surface area contributed by atoms with Gasteiger partial charge in [0.05, 0.1) is 16.2 Å². The van der Waals surface area contributed by atoms with Crippen LogP contribution in [0.15, 0.2) is 42.7 Å². The molecule has 5 nitrogen and oxygen atoms in total. The third kappa shape index (κ3) is 3.42. The molecule has 2 aromatic rings. The first kappa shape index (κ1) is 14.6. The van der Waals surface area contributed by atoms with Crippen molar-refractivity contribution in [1.82, 2.24) is 9.88 Å². The minimum absolute atomic E-state index is 0.117. The van der Waals surface area contributed by atoms with Gasteiger partial charge < -0.3 is 4.90 Å². The Balaban J connectivity index is 2.54. The molecule has 0 spiro atoms. The van der Waals surface area contributed by atoms with E-state index in [1.54, 1.807) is 49.5 Å². The molecule has 0 aliphatic carbocycles. The van der Waals surface area contributed by atoms with Gasteiger partial charge in [-0.1, -0.05) is 12.1 Å². The Hall–Kier alpha value is -2.76. The van der Waals surface area contributed by atoms with Gasteiger partial charge in [-0.15, -0.1) is 0 Å². The molecule has 1 heterocycles. The Morgan fingerprint density at radius 2 is 2.05 bits per heavy atom. The highest BCUT2D eigenvalue weighted by molar-refractivity contribution is 5.68. The van der Waals surface area contributed by atoms with Crippen LogP contribution in [0.4, 0.5) is 10.1 Å². The maximum Gasteiger partial charge on any atom is 0.294 e. The van der Waals surface area contributed by atoms with Gasteiger partial charge >= 0.3 is 0 Å². The number of halogens is 1. The van der Waals surface area contributed by atoms with Gasteiger partial charge in [0.2, 0.25) is 0 Å². The normalized spacial score (nSPS) is 10.8. The Morgan fingerprint density at radius 3 is 2.67 bits per heavy atom. The SMILES string of the molecule is CN(C)/C=C/c1cc(-c2ccccc2F)ncc1[N+](=O)[O-]. The fourth-order valence-corrected chi connectivity index (χ4v) is 1.80. The van der Waals surface area contributed by atoms with Gasteiger partial charge in [0.25, 0.3) is 5.69 Å². The van der Waals surface area contributed by atoms with E-state index in [1.807, 2.05) is 0 Å². The summed E-state index contributed by atoms with van der Waals surface area (Å²) in [5.74, 6) is -0.415. The predicted octanol–water partition coefficient (Wildman–Crippen LogP) is 3.33. The minimum atomic E-state index is -0.506. The van der Waals surface area contributed by atoms with E-state index in [-0.39, 0.29) is 5.69 Å². The second kappa shape index (κ2) is 6.13. The molecule has 6 heteroatoms. The molecule has 0 saturated heterocycles. The molecular formula is C15H14FN3O2. The monoisotopic (exact) mass is 287 g/mol. The third-order valence-corrected chi connectivity index (χ3v) is 2.81. The molecule has 0 aliphatic heterocycles. The standard InChI is InChI=1S/C15H14FN3O2/c1-18(2)8-7-11-9-14(17-10-15(11)19(20)21)12-5-3-4-6-13(12)16/h3-10H,1-2H3/b8-7+. The van der Waals surface area contributed by atoms with E-state index in [2.05, 4.69) is 4.98 Å². The molecule has 0 aliphatic rings. The Morgan fingerprint density at radius 1 is 1.33 bits per heavy atom. The van der Waals surface area contributed by atoms with Crippen molar-refractivity contribution in [3.05, 3.63) is 64.2 Å². The molecule has 108 valence electrons. The molecular weight excluding hydrogens is 273 g/mol. The molecule has 1 aromatic carbocycles. The maximum atomic E-state index is 13.8. The van der Waals surface area contributed by atoms with Crippen LogP contribution >= 0.6 is 0 Å². The van der Waals surface area contributed by atoms with Crippen LogP contribution < -0.4 is 0 Å². The van der Waals surface area contributed by atoms with Crippen LogP contribution in [-0.2, 0) is 0 Å². The quantitative estimate of drug-likeness (QED) is 0.639. The van der Waals surface area contributed by atoms with E-state index in [0.29, 0.717) is 16.8 Å². The first-order valence-corrected chi connectivity index (χ1v) is 6.23. The van der Waals surface area contributed by atoms with E-state index < -0.39 is 10.7 Å². The number of hydrogen-bond donors (Lipinski definition) is 0. The van der Waals surface area contributed by atoms with Crippen LogP contribution in [0.3, 0.4) is 0 Å². The molecule has 0 saturated carbocycles. The molecule has 2 rings (SSSR count). The van der Waals surface area contributed by atoms with Crippen molar-refractivity contribution in [1.29, 1.82) is 0 Å². The van der Waals surface area contributed by atoms with Crippen molar-refractivity contribution >= 4 is 11.8 Å². The van der Waals surface area contributed by atoms with E-state index in [4.69, 9.17) is 0 Å². The smallest absolute Gasteiger partial charge is 0.294 e. The maximum absolute atomic E-state index is 13.8. The van der Waals surface area contributed by atoms with Gasteiger partial charge in [0.1, 0.15) is 12.0 Å². The lowest BCUT2D eigenvalue weighted by Crippen LogP contribution is -2.01. The molecule has 0 N–H and O–H groups in total. The number of benzene rings is 1. The van der Waals surface area contributed by atoms with Crippen molar-refractivity contribution in [2.24, 2.45) is 0 Å². The lowest BCUT2D eigenvalue weighted by Gasteiger charge is -2.06. The van der Waals surface area contributed by atoms with Crippen molar-refractivity contribution in [2.75, 3.05) is 14.1 Å². The number of nitrogens with zero attached hydrogens (tertiary/aromatic N) is 3. The van der Waals surface area contributed by atoms with Crippen molar-refractivity contribution in [3.8, 4) is 11.3 Å². The largest absolute Gasteiger partial charge is 0.383 e. The molecule has 0 fully saturated rings. The first-order valence-electron chi connectivity index (χ1n) is 6.23. The number of aromatic nitrogens is 1. The first-order chi connectivity index (χ1) is 9.99. The van der Waals surface area contributed by atoms with Crippen LogP contribution in [-0.4, -0.2) is 28.9 Å². The molecule has 21 heavy (non-hydrogen) atoms. The van der Waals surface area contributed by atoms with E-state index >= 15 is 0 Å². The Bertz CT molecular complexity index is 699. The fraction of sp³-hybridized carbons (Fsp3) is 0.133. The van der Waals surface area contributed by atoms with Crippen LogP contribution in [0.2, 0.25) is 0 Å². The second-order valence-corrected chi connectivity index (χ2v) is 4.64. The van der Waals surface area contributed by atoms with E-state index in [9.17, 15) is 14.5 Å². The van der Waals surface area contributed by atoms with E-state index in [1.165, 1.54) is 12.1 Å². The molecule has 1 aromatic heterocycles. The Kier molecular flexibility index (Phi) is 4.27. The molecule has 0 unspecified atom stereocenters. The van der Waals surface area contributed by atoms with Gasteiger partial charge in [-0.05, 0) is 30.5 Å². The Labute approximate surface area is 121 Å². The van der Waals surface area contributed by atoms with Crippen LogP contribution in [0.5, 0.6) is 0 Å². The van der Waals surface area contributed by atoms with Crippen molar-refractivity contribution in [2.45, 2.75) is 0 Å². The summed E-state index contributed by atoms with van der Waals surface area (Å²) in [6, 6.07) is 7.70. The van der Waals surface area contributed by atoms with E-state index in [0.717, 1.165) is 6.20 Å². The lowest BCUT2D eigenvalue weighted by molar-refractivity contribution is -0.385. The summed E-state index contributed by atoms with van der Waals surface area (Å²) < 4.78 is 13.8. The lowest BCUT2D eigenvalue weighted by atomic mass is 10.1. The summed E-state index contributed by atoms with van der Waals surface area (Å²) in [6.45, 7) is 0. The van der Waals surface area contributed by atoms with Gasteiger partial charge in [-0.25, -0.2) is 9.37 Å². The summed E-state index contributed by atoms with van der Waals surface area (Å²) >= 11 is 0. The highest BCUT2D eigenvalue weighted by atomic mass is 19.1. The van der Waals surface area contributed by atoms with Crippen LogP contribution in [0, 0.1) is 15.9 Å². The predicted molar refractivity (Wildman–Crippen MR) is 79.0 cm³/mol.